The Bertz CT molecular complexity index is 667. The molecule has 0 unspecified atom stereocenters. The van der Waals surface area contributed by atoms with Crippen molar-refractivity contribution in [1.29, 1.82) is 0 Å². The number of amides is 1. The van der Waals surface area contributed by atoms with Gasteiger partial charge < -0.3 is 15.4 Å². The molecule has 0 spiro atoms. The zero-order valence-electron chi connectivity index (χ0n) is 14.4. The predicted octanol–water partition coefficient (Wildman–Crippen LogP) is 2.71. The van der Waals surface area contributed by atoms with E-state index in [0.717, 1.165) is 50.6 Å². The zero-order valence-corrected chi connectivity index (χ0v) is 15.2. The van der Waals surface area contributed by atoms with Crippen LogP contribution in [-0.2, 0) is 11.4 Å². The second kappa shape index (κ2) is 8.87. The van der Waals surface area contributed by atoms with Gasteiger partial charge in [-0.1, -0.05) is 12.1 Å². The molecule has 1 aromatic heterocycles. The molecule has 0 atom stereocenters. The minimum absolute atomic E-state index is 0.213. The van der Waals surface area contributed by atoms with Crippen molar-refractivity contribution in [2.24, 2.45) is 5.73 Å². The number of ether oxygens (including phenoxy) is 1. The number of para-hydroxylation sites is 2. The van der Waals surface area contributed by atoms with Crippen LogP contribution in [0.25, 0.3) is 0 Å². The third-order valence-electron chi connectivity index (χ3n) is 4.45. The molecular formula is C19H25N3O2S. The normalized spacial score (nSPS) is 15.3. The highest BCUT2D eigenvalue weighted by atomic mass is 32.1. The van der Waals surface area contributed by atoms with Crippen LogP contribution in [0.15, 0.2) is 41.1 Å². The number of benzene rings is 1. The van der Waals surface area contributed by atoms with Gasteiger partial charge in [-0.3, -0.25) is 9.69 Å². The second-order valence-electron chi connectivity index (χ2n) is 6.29. The van der Waals surface area contributed by atoms with Gasteiger partial charge in [0.15, 0.2) is 0 Å². The van der Waals surface area contributed by atoms with E-state index in [4.69, 9.17) is 10.5 Å². The smallest absolute Gasteiger partial charge is 0.217 e. The lowest BCUT2D eigenvalue weighted by Crippen LogP contribution is -2.46. The van der Waals surface area contributed by atoms with E-state index in [2.05, 4.69) is 38.8 Å². The van der Waals surface area contributed by atoms with Crippen molar-refractivity contribution in [3.05, 3.63) is 46.7 Å². The van der Waals surface area contributed by atoms with E-state index in [-0.39, 0.29) is 5.91 Å². The SMILES string of the molecule is NC(=O)CCCN1CCN(c2ccccc2OCc2ccsc2)CC1. The summed E-state index contributed by atoms with van der Waals surface area (Å²) >= 11 is 1.69. The largest absolute Gasteiger partial charge is 0.487 e. The maximum absolute atomic E-state index is 10.8. The molecule has 1 amide bonds. The number of hydrogen-bond donors (Lipinski definition) is 1. The highest BCUT2D eigenvalue weighted by molar-refractivity contribution is 7.07. The summed E-state index contributed by atoms with van der Waals surface area (Å²) in [5, 5.41) is 4.19. The first-order valence-electron chi connectivity index (χ1n) is 8.71. The number of carbonyl (C=O) groups is 1. The third kappa shape index (κ3) is 5.21. The van der Waals surface area contributed by atoms with Gasteiger partial charge in [0.25, 0.3) is 0 Å². The maximum Gasteiger partial charge on any atom is 0.217 e. The minimum atomic E-state index is -0.213. The van der Waals surface area contributed by atoms with Crippen LogP contribution in [-0.4, -0.2) is 43.5 Å². The summed E-state index contributed by atoms with van der Waals surface area (Å²) in [4.78, 5) is 15.6. The summed E-state index contributed by atoms with van der Waals surface area (Å²) < 4.78 is 6.05. The quantitative estimate of drug-likeness (QED) is 0.787. The number of primary amides is 1. The van der Waals surface area contributed by atoms with Crippen LogP contribution in [0.2, 0.25) is 0 Å². The van der Waals surface area contributed by atoms with Crippen LogP contribution < -0.4 is 15.4 Å². The van der Waals surface area contributed by atoms with Gasteiger partial charge >= 0.3 is 0 Å². The number of nitrogens with two attached hydrogens (primary N) is 1. The van der Waals surface area contributed by atoms with E-state index in [1.165, 1.54) is 5.56 Å². The molecule has 1 aliphatic rings. The van der Waals surface area contributed by atoms with E-state index in [1.54, 1.807) is 11.3 Å². The topological polar surface area (TPSA) is 58.8 Å². The fourth-order valence-corrected chi connectivity index (χ4v) is 3.72. The monoisotopic (exact) mass is 359 g/mol. The molecule has 3 rings (SSSR count). The Morgan fingerprint density at radius 1 is 1.16 bits per heavy atom. The van der Waals surface area contributed by atoms with Gasteiger partial charge in [0.1, 0.15) is 12.4 Å². The molecule has 0 saturated carbocycles. The fraction of sp³-hybridized carbons (Fsp3) is 0.421. The van der Waals surface area contributed by atoms with Gasteiger partial charge in [-0.15, -0.1) is 0 Å². The number of thiophene rings is 1. The van der Waals surface area contributed by atoms with Crippen molar-refractivity contribution < 1.29 is 9.53 Å². The molecule has 2 N–H and O–H groups in total. The lowest BCUT2D eigenvalue weighted by Gasteiger charge is -2.36. The number of nitrogens with zero attached hydrogens (tertiary/aromatic N) is 2. The van der Waals surface area contributed by atoms with E-state index >= 15 is 0 Å². The molecule has 0 bridgehead atoms. The average molecular weight is 359 g/mol. The Kier molecular flexibility index (Phi) is 6.30. The summed E-state index contributed by atoms with van der Waals surface area (Å²) in [6.07, 6.45) is 1.31. The molecule has 0 radical (unpaired) electrons. The summed E-state index contributed by atoms with van der Waals surface area (Å²) in [5.74, 6) is 0.728. The van der Waals surface area contributed by atoms with Crippen molar-refractivity contribution in [3.63, 3.8) is 0 Å². The molecule has 0 aliphatic carbocycles. The van der Waals surface area contributed by atoms with Gasteiger partial charge in [0.2, 0.25) is 5.91 Å². The lowest BCUT2D eigenvalue weighted by atomic mass is 10.2. The Hall–Kier alpha value is -2.05. The number of anilines is 1. The van der Waals surface area contributed by atoms with Crippen LogP contribution in [0.3, 0.4) is 0 Å². The standard InChI is InChI=1S/C19H25N3O2S/c20-19(23)6-3-8-21-9-11-22(12-10-21)17-4-1-2-5-18(17)24-14-16-7-13-25-15-16/h1-2,4-5,7,13,15H,3,6,8-12,14H2,(H2,20,23). The summed E-state index contributed by atoms with van der Waals surface area (Å²) in [5.41, 5.74) is 7.58. The molecule has 1 fully saturated rings. The Morgan fingerprint density at radius 3 is 2.68 bits per heavy atom. The molecular weight excluding hydrogens is 334 g/mol. The number of rotatable bonds is 8. The fourth-order valence-electron chi connectivity index (χ4n) is 3.07. The summed E-state index contributed by atoms with van der Waals surface area (Å²) in [6.45, 7) is 5.47. The molecule has 6 heteroatoms. The van der Waals surface area contributed by atoms with Crippen LogP contribution in [0.1, 0.15) is 18.4 Å². The average Bonchev–Trinajstić information content (AvgIpc) is 3.14. The first kappa shape index (κ1) is 17.8. The minimum Gasteiger partial charge on any atom is -0.487 e. The van der Waals surface area contributed by atoms with Crippen LogP contribution in [0.5, 0.6) is 5.75 Å². The van der Waals surface area contributed by atoms with Gasteiger partial charge in [0, 0.05) is 32.6 Å². The van der Waals surface area contributed by atoms with Gasteiger partial charge in [-0.05, 0) is 47.5 Å². The Balaban J connectivity index is 1.53. The number of carbonyl (C=O) groups excluding carboxylic acids is 1. The van der Waals surface area contributed by atoms with Crippen molar-refractivity contribution in [3.8, 4) is 5.75 Å². The Morgan fingerprint density at radius 2 is 1.96 bits per heavy atom. The highest BCUT2D eigenvalue weighted by Crippen LogP contribution is 2.29. The molecule has 2 heterocycles. The second-order valence-corrected chi connectivity index (χ2v) is 7.07. The van der Waals surface area contributed by atoms with E-state index in [0.29, 0.717) is 13.0 Å². The lowest BCUT2D eigenvalue weighted by molar-refractivity contribution is -0.118. The number of piperazine rings is 1. The molecule has 25 heavy (non-hydrogen) atoms. The molecule has 1 aromatic carbocycles. The first-order chi connectivity index (χ1) is 12.2. The third-order valence-corrected chi connectivity index (χ3v) is 5.18. The van der Waals surface area contributed by atoms with Crippen molar-refractivity contribution in [1.82, 2.24) is 4.90 Å². The molecule has 134 valence electrons. The highest BCUT2D eigenvalue weighted by Gasteiger charge is 2.19. The van der Waals surface area contributed by atoms with E-state index in [1.807, 2.05) is 12.1 Å². The van der Waals surface area contributed by atoms with Crippen molar-refractivity contribution in [2.75, 3.05) is 37.6 Å². The maximum atomic E-state index is 10.8. The van der Waals surface area contributed by atoms with Crippen LogP contribution in [0, 0.1) is 0 Å². The zero-order chi connectivity index (χ0) is 17.5. The van der Waals surface area contributed by atoms with Gasteiger partial charge in [0.05, 0.1) is 5.69 Å². The summed E-state index contributed by atoms with van der Waals surface area (Å²) in [6, 6.07) is 10.4. The van der Waals surface area contributed by atoms with E-state index < -0.39 is 0 Å². The van der Waals surface area contributed by atoms with Gasteiger partial charge in [-0.2, -0.15) is 11.3 Å². The molecule has 1 aliphatic heterocycles. The van der Waals surface area contributed by atoms with Crippen LogP contribution >= 0.6 is 11.3 Å². The summed E-state index contributed by atoms with van der Waals surface area (Å²) in [7, 11) is 0. The molecule has 2 aromatic rings. The molecule has 1 saturated heterocycles. The first-order valence-corrected chi connectivity index (χ1v) is 9.65. The molecule has 5 nitrogen and oxygen atoms in total. The van der Waals surface area contributed by atoms with Crippen LogP contribution in [0.4, 0.5) is 5.69 Å². The van der Waals surface area contributed by atoms with Crippen molar-refractivity contribution >= 4 is 22.9 Å². The number of hydrogen-bond acceptors (Lipinski definition) is 5. The van der Waals surface area contributed by atoms with Gasteiger partial charge in [-0.25, -0.2) is 0 Å². The Labute approximate surface area is 153 Å². The van der Waals surface area contributed by atoms with E-state index in [9.17, 15) is 4.79 Å². The predicted molar refractivity (Wildman–Crippen MR) is 102 cm³/mol. The van der Waals surface area contributed by atoms with Crippen molar-refractivity contribution in [2.45, 2.75) is 19.4 Å².